The summed E-state index contributed by atoms with van der Waals surface area (Å²) in [6.45, 7) is 9.58. The first-order chi connectivity index (χ1) is 11.1. The maximum Gasteiger partial charge on any atom is 0.407 e. The largest absolute Gasteiger partial charge is 0.444 e. The molecule has 6 nitrogen and oxygen atoms in total. The molecule has 0 aliphatic heterocycles. The second-order valence-electron chi connectivity index (χ2n) is 6.90. The summed E-state index contributed by atoms with van der Waals surface area (Å²) in [6.07, 6.45) is -0.506. The van der Waals surface area contributed by atoms with E-state index in [0.717, 1.165) is 0 Å². The van der Waals surface area contributed by atoms with Gasteiger partial charge in [0.2, 0.25) is 0 Å². The summed E-state index contributed by atoms with van der Waals surface area (Å²) >= 11 is 0. The molecule has 2 N–H and O–H groups in total. The van der Waals surface area contributed by atoms with E-state index in [2.05, 4.69) is 10.6 Å². The predicted octanol–water partition coefficient (Wildman–Crippen LogP) is 2.84. The van der Waals surface area contributed by atoms with Crippen molar-refractivity contribution in [1.82, 2.24) is 10.6 Å². The average Bonchev–Trinajstić information content (AvgIpc) is 2.49. The minimum atomic E-state index is -0.572. The second-order valence-corrected chi connectivity index (χ2v) is 6.90. The maximum atomic E-state index is 12.1. The van der Waals surface area contributed by atoms with Crippen molar-refractivity contribution in [2.45, 2.75) is 46.3 Å². The van der Waals surface area contributed by atoms with Crippen molar-refractivity contribution < 1.29 is 14.3 Å². The second kappa shape index (κ2) is 8.34. The van der Waals surface area contributed by atoms with E-state index in [4.69, 9.17) is 10.00 Å². The molecule has 0 radical (unpaired) electrons. The van der Waals surface area contributed by atoms with Crippen LogP contribution in [0.5, 0.6) is 0 Å². The number of amides is 2. The molecule has 0 aliphatic rings. The number of hydrogen-bond donors (Lipinski definition) is 2. The van der Waals surface area contributed by atoms with Gasteiger partial charge in [0.15, 0.2) is 0 Å². The van der Waals surface area contributed by atoms with Crippen LogP contribution in [0.3, 0.4) is 0 Å². The molecule has 2 amide bonds. The number of nitrogens with one attached hydrogen (secondary N) is 2. The van der Waals surface area contributed by atoms with Crippen LogP contribution in [-0.2, 0) is 4.74 Å². The van der Waals surface area contributed by atoms with Gasteiger partial charge in [-0.3, -0.25) is 4.79 Å². The molecule has 0 fully saturated rings. The van der Waals surface area contributed by atoms with Crippen LogP contribution in [0, 0.1) is 17.2 Å². The highest BCUT2D eigenvalue weighted by atomic mass is 16.6. The fourth-order valence-corrected chi connectivity index (χ4v) is 1.91. The fourth-order valence-electron chi connectivity index (χ4n) is 1.91. The summed E-state index contributed by atoms with van der Waals surface area (Å²) in [6, 6.07) is 8.13. The van der Waals surface area contributed by atoms with Crippen LogP contribution >= 0.6 is 0 Å². The Hall–Kier alpha value is -2.55. The zero-order valence-corrected chi connectivity index (χ0v) is 14.8. The first kappa shape index (κ1) is 19.5. The Morgan fingerprint density at radius 2 is 1.79 bits per heavy atom. The number of hydrogen-bond acceptors (Lipinski definition) is 4. The quantitative estimate of drug-likeness (QED) is 0.868. The van der Waals surface area contributed by atoms with E-state index >= 15 is 0 Å². The van der Waals surface area contributed by atoms with Gasteiger partial charge in [0, 0.05) is 12.1 Å². The van der Waals surface area contributed by atoms with Gasteiger partial charge in [-0.25, -0.2) is 4.79 Å². The molecule has 0 bridgehead atoms. The first-order valence-corrected chi connectivity index (χ1v) is 7.90. The van der Waals surface area contributed by atoms with E-state index in [0.29, 0.717) is 11.1 Å². The Balaban J connectivity index is 2.61. The Morgan fingerprint density at radius 3 is 2.25 bits per heavy atom. The molecular formula is C18H25N3O3. The van der Waals surface area contributed by atoms with E-state index in [1.54, 1.807) is 45.0 Å². The third-order valence-electron chi connectivity index (χ3n) is 3.27. The molecule has 0 saturated carbocycles. The van der Waals surface area contributed by atoms with Gasteiger partial charge in [-0.2, -0.15) is 5.26 Å². The maximum absolute atomic E-state index is 12.1. The zero-order chi connectivity index (χ0) is 18.3. The van der Waals surface area contributed by atoms with Gasteiger partial charge in [-0.1, -0.05) is 13.8 Å². The SMILES string of the molecule is CC(C)[C@H](CNC(=O)c1ccc(C#N)cc1)NC(=O)OC(C)(C)C. The number of alkyl carbamates (subject to hydrolysis) is 1. The van der Waals surface area contributed by atoms with Crippen molar-refractivity contribution in [3.63, 3.8) is 0 Å². The average molecular weight is 331 g/mol. The Labute approximate surface area is 143 Å². The molecule has 1 atom stereocenters. The molecule has 0 aliphatic carbocycles. The molecule has 0 unspecified atom stereocenters. The monoisotopic (exact) mass is 331 g/mol. The standard InChI is InChI=1S/C18H25N3O3/c1-12(2)15(21-17(23)24-18(3,4)5)11-20-16(22)14-8-6-13(10-19)7-9-14/h6-9,12,15H,11H2,1-5H3,(H,20,22)(H,21,23)/t15-/m0/s1. The van der Waals surface area contributed by atoms with Crippen LogP contribution < -0.4 is 10.6 Å². The normalized spacial score (nSPS) is 12.2. The van der Waals surface area contributed by atoms with Gasteiger partial charge in [-0.15, -0.1) is 0 Å². The van der Waals surface area contributed by atoms with E-state index in [1.165, 1.54) is 0 Å². The smallest absolute Gasteiger partial charge is 0.407 e. The van der Waals surface area contributed by atoms with Crippen LogP contribution in [0.4, 0.5) is 4.79 Å². The van der Waals surface area contributed by atoms with E-state index in [-0.39, 0.29) is 24.4 Å². The summed E-state index contributed by atoms with van der Waals surface area (Å²) in [4.78, 5) is 24.0. The minimum Gasteiger partial charge on any atom is -0.444 e. The fraction of sp³-hybridized carbons (Fsp3) is 0.500. The predicted molar refractivity (Wildman–Crippen MR) is 91.5 cm³/mol. The summed E-state index contributed by atoms with van der Waals surface area (Å²) in [5.74, 6) is -0.130. The van der Waals surface area contributed by atoms with Crippen molar-refractivity contribution in [3.05, 3.63) is 35.4 Å². The summed E-state index contributed by atoms with van der Waals surface area (Å²) in [5, 5.41) is 14.3. The molecule has 0 heterocycles. The van der Waals surface area contributed by atoms with Crippen molar-refractivity contribution in [2.24, 2.45) is 5.92 Å². The number of ether oxygens (including phenoxy) is 1. The lowest BCUT2D eigenvalue weighted by molar-refractivity contribution is 0.0487. The van der Waals surface area contributed by atoms with Crippen LogP contribution in [-0.4, -0.2) is 30.2 Å². The Bertz CT molecular complexity index is 610. The molecule has 130 valence electrons. The third-order valence-corrected chi connectivity index (χ3v) is 3.27. The molecule has 24 heavy (non-hydrogen) atoms. The molecular weight excluding hydrogens is 306 g/mol. The Morgan fingerprint density at radius 1 is 1.21 bits per heavy atom. The van der Waals surface area contributed by atoms with Gasteiger partial charge in [0.25, 0.3) is 5.91 Å². The highest BCUT2D eigenvalue weighted by Crippen LogP contribution is 2.09. The molecule has 1 rings (SSSR count). The molecule has 1 aromatic carbocycles. The van der Waals surface area contributed by atoms with Gasteiger partial charge >= 0.3 is 6.09 Å². The topological polar surface area (TPSA) is 91.2 Å². The van der Waals surface area contributed by atoms with Crippen LogP contribution in [0.1, 0.15) is 50.5 Å². The molecule has 0 aromatic heterocycles. The van der Waals surface area contributed by atoms with Gasteiger partial charge in [0.05, 0.1) is 17.7 Å². The molecule has 6 heteroatoms. The summed E-state index contributed by atoms with van der Waals surface area (Å²) in [7, 11) is 0. The first-order valence-electron chi connectivity index (χ1n) is 7.90. The van der Waals surface area contributed by atoms with Crippen molar-refractivity contribution in [2.75, 3.05) is 6.54 Å². The van der Waals surface area contributed by atoms with Crippen LogP contribution in [0.15, 0.2) is 24.3 Å². The highest BCUT2D eigenvalue weighted by Gasteiger charge is 2.22. The molecule has 1 aromatic rings. The highest BCUT2D eigenvalue weighted by molar-refractivity contribution is 5.94. The van der Waals surface area contributed by atoms with Gasteiger partial charge in [0.1, 0.15) is 5.60 Å². The number of benzene rings is 1. The van der Waals surface area contributed by atoms with Crippen molar-refractivity contribution >= 4 is 12.0 Å². The summed E-state index contributed by atoms with van der Waals surface area (Å²) in [5.41, 5.74) is 0.393. The zero-order valence-electron chi connectivity index (χ0n) is 14.8. The Kier molecular flexibility index (Phi) is 6.78. The summed E-state index contributed by atoms with van der Waals surface area (Å²) < 4.78 is 5.24. The van der Waals surface area contributed by atoms with Gasteiger partial charge in [-0.05, 0) is 51.0 Å². The number of nitriles is 1. The van der Waals surface area contributed by atoms with Crippen molar-refractivity contribution in [1.29, 1.82) is 5.26 Å². The van der Waals surface area contributed by atoms with E-state index < -0.39 is 11.7 Å². The van der Waals surface area contributed by atoms with Crippen molar-refractivity contribution in [3.8, 4) is 6.07 Å². The lowest BCUT2D eigenvalue weighted by atomic mass is 10.0. The van der Waals surface area contributed by atoms with Crippen LogP contribution in [0.25, 0.3) is 0 Å². The molecule has 0 spiro atoms. The number of carbonyl (C=O) groups excluding carboxylic acids is 2. The molecule has 0 saturated heterocycles. The lowest BCUT2D eigenvalue weighted by Gasteiger charge is -2.26. The van der Waals surface area contributed by atoms with E-state index in [9.17, 15) is 9.59 Å². The number of carbonyl (C=O) groups is 2. The lowest BCUT2D eigenvalue weighted by Crippen LogP contribution is -2.48. The minimum absolute atomic E-state index is 0.124. The van der Waals surface area contributed by atoms with E-state index in [1.807, 2.05) is 19.9 Å². The van der Waals surface area contributed by atoms with Crippen LogP contribution in [0.2, 0.25) is 0 Å². The number of nitrogens with zero attached hydrogens (tertiary/aromatic N) is 1. The number of rotatable bonds is 5. The third kappa shape index (κ3) is 6.69. The van der Waals surface area contributed by atoms with Gasteiger partial charge < -0.3 is 15.4 Å².